The summed E-state index contributed by atoms with van der Waals surface area (Å²) in [6.45, 7) is 6.10. The summed E-state index contributed by atoms with van der Waals surface area (Å²) in [4.78, 5) is 0. The van der Waals surface area contributed by atoms with Gasteiger partial charge in [0.2, 0.25) is 0 Å². The molecule has 3 nitrogen and oxygen atoms in total. The molecule has 1 saturated carbocycles. The van der Waals surface area contributed by atoms with Gasteiger partial charge in [-0.2, -0.15) is 0 Å². The minimum Gasteiger partial charge on any atom is -0.472 e. The molecule has 0 bridgehead atoms. The van der Waals surface area contributed by atoms with Crippen molar-refractivity contribution >= 4 is 0 Å². The van der Waals surface area contributed by atoms with E-state index in [2.05, 4.69) is 25.2 Å². The summed E-state index contributed by atoms with van der Waals surface area (Å²) in [7, 11) is 0. The van der Waals surface area contributed by atoms with E-state index < -0.39 is 0 Å². The van der Waals surface area contributed by atoms with Crippen LogP contribution in [0.2, 0.25) is 0 Å². The molecular formula is C16H27NO2. The molecule has 1 aliphatic carbocycles. The fourth-order valence-electron chi connectivity index (χ4n) is 3.29. The lowest BCUT2D eigenvalue weighted by Crippen LogP contribution is -2.47. The van der Waals surface area contributed by atoms with Gasteiger partial charge in [-0.1, -0.05) is 26.2 Å². The molecular weight excluding hydrogens is 238 g/mol. The first-order valence-corrected chi connectivity index (χ1v) is 7.72. The van der Waals surface area contributed by atoms with Gasteiger partial charge in [-0.3, -0.25) is 0 Å². The maximum Gasteiger partial charge on any atom is 0.0951 e. The molecule has 0 aliphatic heterocycles. The van der Waals surface area contributed by atoms with Crippen LogP contribution in [0.5, 0.6) is 0 Å². The second-order valence-electron chi connectivity index (χ2n) is 5.50. The maximum atomic E-state index is 6.25. The topological polar surface area (TPSA) is 34.4 Å². The van der Waals surface area contributed by atoms with E-state index in [0.717, 1.165) is 32.4 Å². The lowest BCUT2D eigenvalue weighted by atomic mass is 9.77. The van der Waals surface area contributed by atoms with Crippen molar-refractivity contribution in [1.82, 2.24) is 5.32 Å². The van der Waals surface area contributed by atoms with Crippen LogP contribution in [0.15, 0.2) is 23.0 Å². The first kappa shape index (κ1) is 14.6. The highest BCUT2D eigenvalue weighted by Gasteiger charge is 2.41. The summed E-state index contributed by atoms with van der Waals surface area (Å²) in [5, 5.41) is 3.68. The van der Waals surface area contributed by atoms with Gasteiger partial charge < -0.3 is 14.5 Å². The molecule has 1 aliphatic rings. The van der Waals surface area contributed by atoms with Crippen molar-refractivity contribution in [3.05, 3.63) is 24.2 Å². The Balaban J connectivity index is 2.21. The molecule has 1 heterocycles. The molecule has 1 N–H and O–H groups in total. The number of hydrogen-bond acceptors (Lipinski definition) is 3. The molecule has 0 saturated heterocycles. The summed E-state index contributed by atoms with van der Waals surface area (Å²) in [6, 6.07) is 2.33. The summed E-state index contributed by atoms with van der Waals surface area (Å²) in [5.74, 6) is 0. The van der Waals surface area contributed by atoms with Gasteiger partial charge in [0.25, 0.3) is 0 Å². The molecule has 0 aromatic carbocycles. The summed E-state index contributed by atoms with van der Waals surface area (Å²) in [6.07, 6.45) is 10.9. The number of rotatable bonds is 7. The van der Waals surface area contributed by atoms with Crippen molar-refractivity contribution in [1.29, 1.82) is 0 Å². The molecule has 19 heavy (non-hydrogen) atoms. The highest BCUT2D eigenvalue weighted by Crippen LogP contribution is 2.41. The third kappa shape index (κ3) is 3.40. The second kappa shape index (κ2) is 7.11. The minimum atomic E-state index is -0.0496. The molecule has 1 atom stereocenters. The van der Waals surface area contributed by atoms with Gasteiger partial charge in [0.05, 0.1) is 24.2 Å². The van der Waals surface area contributed by atoms with E-state index in [4.69, 9.17) is 9.15 Å². The standard InChI is InChI=1S/C16H27NO2/c1-3-11-17-15(14-8-12-18-13-14)16(19-4-2)9-6-5-7-10-16/h8,12-13,15,17H,3-7,9-11H2,1-2H3. The van der Waals surface area contributed by atoms with Crippen LogP contribution >= 0.6 is 0 Å². The molecule has 1 unspecified atom stereocenters. The van der Waals surface area contributed by atoms with E-state index in [1.54, 1.807) is 6.26 Å². The zero-order valence-electron chi connectivity index (χ0n) is 12.3. The van der Waals surface area contributed by atoms with Crippen LogP contribution in [0.25, 0.3) is 0 Å². The molecule has 1 aromatic heterocycles. The molecule has 2 rings (SSSR count). The molecule has 108 valence electrons. The van der Waals surface area contributed by atoms with E-state index in [-0.39, 0.29) is 11.6 Å². The average Bonchev–Trinajstić information content (AvgIpc) is 2.94. The normalized spacial score (nSPS) is 20.3. The van der Waals surface area contributed by atoms with Crippen LogP contribution in [-0.2, 0) is 4.74 Å². The highest BCUT2D eigenvalue weighted by atomic mass is 16.5. The average molecular weight is 265 g/mol. The number of furan rings is 1. The first-order chi connectivity index (χ1) is 9.32. The van der Waals surface area contributed by atoms with Crippen LogP contribution in [0.1, 0.15) is 64.0 Å². The quantitative estimate of drug-likeness (QED) is 0.807. The zero-order valence-corrected chi connectivity index (χ0v) is 12.3. The van der Waals surface area contributed by atoms with Crippen molar-refractivity contribution in [2.24, 2.45) is 0 Å². The van der Waals surface area contributed by atoms with Crippen molar-refractivity contribution < 1.29 is 9.15 Å². The number of hydrogen-bond donors (Lipinski definition) is 1. The zero-order chi connectivity index (χ0) is 13.6. The van der Waals surface area contributed by atoms with Gasteiger partial charge in [-0.25, -0.2) is 0 Å². The Morgan fingerprint density at radius 3 is 2.68 bits per heavy atom. The van der Waals surface area contributed by atoms with E-state index in [1.807, 2.05) is 6.26 Å². The Labute approximate surface area is 116 Å². The predicted molar refractivity (Wildman–Crippen MR) is 77.2 cm³/mol. The fraction of sp³-hybridized carbons (Fsp3) is 0.750. The van der Waals surface area contributed by atoms with Crippen LogP contribution in [0.3, 0.4) is 0 Å². The van der Waals surface area contributed by atoms with Gasteiger partial charge in [-0.05, 0) is 38.8 Å². The Kier molecular flexibility index (Phi) is 5.46. The Hall–Kier alpha value is -0.800. The fourth-order valence-corrected chi connectivity index (χ4v) is 3.29. The molecule has 0 amide bonds. The lowest BCUT2D eigenvalue weighted by Gasteiger charge is -2.43. The molecule has 1 aromatic rings. The van der Waals surface area contributed by atoms with Crippen LogP contribution < -0.4 is 5.32 Å². The maximum absolute atomic E-state index is 6.25. The van der Waals surface area contributed by atoms with Gasteiger partial charge in [0, 0.05) is 12.2 Å². The third-order valence-electron chi connectivity index (χ3n) is 4.13. The summed E-state index contributed by atoms with van der Waals surface area (Å²) < 4.78 is 11.5. The highest BCUT2D eigenvalue weighted by molar-refractivity contribution is 5.18. The predicted octanol–water partition coefficient (Wildman–Crippen LogP) is 4.06. The second-order valence-corrected chi connectivity index (χ2v) is 5.50. The number of nitrogens with one attached hydrogen (secondary N) is 1. The SMILES string of the molecule is CCCNC(c1ccoc1)C1(OCC)CCCCC1. The van der Waals surface area contributed by atoms with Gasteiger partial charge in [0.15, 0.2) is 0 Å². The van der Waals surface area contributed by atoms with Crippen molar-refractivity contribution in [2.45, 2.75) is 64.0 Å². The first-order valence-electron chi connectivity index (χ1n) is 7.72. The Morgan fingerprint density at radius 1 is 1.32 bits per heavy atom. The van der Waals surface area contributed by atoms with E-state index in [9.17, 15) is 0 Å². The van der Waals surface area contributed by atoms with E-state index >= 15 is 0 Å². The van der Waals surface area contributed by atoms with Crippen LogP contribution in [0, 0.1) is 0 Å². The van der Waals surface area contributed by atoms with E-state index in [0.29, 0.717) is 0 Å². The van der Waals surface area contributed by atoms with Crippen molar-refractivity contribution in [3.63, 3.8) is 0 Å². The largest absolute Gasteiger partial charge is 0.472 e. The van der Waals surface area contributed by atoms with Gasteiger partial charge >= 0.3 is 0 Å². The Morgan fingerprint density at radius 2 is 2.11 bits per heavy atom. The lowest BCUT2D eigenvalue weighted by molar-refractivity contribution is -0.0913. The van der Waals surface area contributed by atoms with Gasteiger partial charge in [-0.15, -0.1) is 0 Å². The van der Waals surface area contributed by atoms with Crippen molar-refractivity contribution in [2.75, 3.05) is 13.2 Å². The third-order valence-corrected chi connectivity index (χ3v) is 4.13. The molecule has 0 spiro atoms. The molecule has 0 radical (unpaired) electrons. The van der Waals surface area contributed by atoms with Crippen molar-refractivity contribution in [3.8, 4) is 0 Å². The van der Waals surface area contributed by atoms with Gasteiger partial charge in [0.1, 0.15) is 0 Å². The minimum absolute atomic E-state index is 0.0496. The number of ether oxygens (including phenoxy) is 1. The molecule has 3 heteroatoms. The molecule has 1 fully saturated rings. The van der Waals surface area contributed by atoms with Crippen LogP contribution in [-0.4, -0.2) is 18.8 Å². The summed E-state index contributed by atoms with van der Waals surface area (Å²) in [5.41, 5.74) is 1.18. The Bertz CT molecular complexity index is 336. The smallest absolute Gasteiger partial charge is 0.0951 e. The monoisotopic (exact) mass is 265 g/mol. The van der Waals surface area contributed by atoms with E-state index in [1.165, 1.54) is 24.8 Å². The summed E-state index contributed by atoms with van der Waals surface area (Å²) >= 11 is 0. The van der Waals surface area contributed by atoms with Crippen LogP contribution in [0.4, 0.5) is 0 Å².